The summed E-state index contributed by atoms with van der Waals surface area (Å²) in [5.41, 5.74) is 5.54. The van der Waals surface area contributed by atoms with Gasteiger partial charge < -0.3 is 0 Å². The third-order valence-electron chi connectivity index (χ3n) is 2.92. The van der Waals surface area contributed by atoms with Gasteiger partial charge in [-0.3, -0.25) is 0 Å². The predicted octanol–water partition coefficient (Wildman–Crippen LogP) is 3.67. The zero-order valence-corrected chi connectivity index (χ0v) is 8.48. The van der Waals surface area contributed by atoms with E-state index in [1.54, 1.807) is 0 Å². The fraction of sp³-hybridized carbons (Fsp3) is 0.0667. The zero-order chi connectivity index (χ0) is 10.1. The van der Waals surface area contributed by atoms with Gasteiger partial charge in [0.1, 0.15) is 0 Å². The van der Waals surface area contributed by atoms with Crippen LogP contribution in [-0.2, 0) is 6.42 Å². The minimum Gasteiger partial charge on any atom is -0.0716 e. The van der Waals surface area contributed by atoms with Crippen molar-refractivity contribution in [3.8, 4) is 0 Å². The van der Waals surface area contributed by atoms with Gasteiger partial charge in [-0.05, 0) is 28.7 Å². The van der Waals surface area contributed by atoms with E-state index in [2.05, 4.69) is 60.7 Å². The highest BCUT2D eigenvalue weighted by molar-refractivity contribution is 5.84. The van der Waals surface area contributed by atoms with Crippen LogP contribution >= 0.6 is 0 Å². The van der Waals surface area contributed by atoms with Crippen molar-refractivity contribution in [1.29, 1.82) is 0 Å². The lowest BCUT2D eigenvalue weighted by Gasteiger charge is -2.05. The molecule has 1 aliphatic rings. The van der Waals surface area contributed by atoms with E-state index < -0.39 is 0 Å². The van der Waals surface area contributed by atoms with Crippen LogP contribution in [-0.4, -0.2) is 0 Å². The maximum Gasteiger partial charge on any atom is -0.00819 e. The van der Waals surface area contributed by atoms with Crippen LogP contribution in [0.2, 0.25) is 0 Å². The molecule has 0 atom stereocenters. The van der Waals surface area contributed by atoms with Crippen molar-refractivity contribution in [1.82, 2.24) is 0 Å². The molecule has 72 valence electrons. The first-order valence-corrected chi connectivity index (χ1v) is 5.29. The second-order valence-electron chi connectivity index (χ2n) is 3.85. The quantitative estimate of drug-likeness (QED) is 0.646. The molecule has 2 aromatic rings. The number of rotatable bonds is 1. The lowest BCUT2D eigenvalue weighted by Crippen LogP contribution is -1.85. The number of hydrogen-bond acceptors (Lipinski definition) is 0. The Morgan fingerprint density at radius 2 is 1.47 bits per heavy atom. The number of allylic oxidation sites excluding steroid dienone is 1. The highest BCUT2D eigenvalue weighted by atomic mass is 14.2. The van der Waals surface area contributed by atoms with Crippen LogP contribution in [0.5, 0.6) is 0 Å². The molecule has 0 N–H and O–H groups in total. The molecule has 0 radical (unpaired) electrons. The van der Waals surface area contributed by atoms with Crippen molar-refractivity contribution < 1.29 is 0 Å². The first-order chi connectivity index (χ1) is 7.45. The summed E-state index contributed by atoms with van der Waals surface area (Å²) in [7, 11) is 0. The molecule has 0 spiro atoms. The Balaban J connectivity index is 2.11. The maximum absolute atomic E-state index is 2.32. The van der Waals surface area contributed by atoms with E-state index >= 15 is 0 Å². The summed E-state index contributed by atoms with van der Waals surface area (Å²) in [4.78, 5) is 0. The molecule has 0 unspecified atom stereocenters. The molecule has 2 aromatic carbocycles. The first-order valence-electron chi connectivity index (χ1n) is 5.29. The summed E-state index contributed by atoms with van der Waals surface area (Å²) in [5, 5.41) is 0. The normalized spacial score (nSPS) is 13.5. The van der Waals surface area contributed by atoms with E-state index in [9.17, 15) is 0 Å². The van der Waals surface area contributed by atoms with Gasteiger partial charge in [-0.2, -0.15) is 0 Å². The maximum atomic E-state index is 2.32. The fourth-order valence-corrected chi connectivity index (χ4v) is 2.17. The number of hydrogen-bond donors (Lipinski definition) is 0. The summed E-state index contributed by atoms with van der Waals surface area (Å²) >= 11 is 0. The summed E-state index contributed by atoms with van der Waals surface area (Å²) < 4.78 is 0. The molecule has 0 aromatic heterocycles. The zero-order valence-electron chi connectivity index (χ0n) is 8.48. The van der Waals surface area contributed by atoms with Gasteiger partial charge in [-0.25, -0.2) is 0 Å². The average molecular weight is 192 g/mol. The molecule has 1 aliphatic carbocycles. The van der Waals surface area contributed by atoms with Crippen molar-refractivity contribution in [3.63, 3.8) is 0 Å². The first kappa shape index (κ1) is 8.49. The van der Waals surface area contributed by atoms with Crippen LogP contribution in [0.1, 0.15) is 16.7 Å². The standard InChI is InChI=1S/C15H12/c1-2-6-12(7-3-1)15-11-10-13-8-4-5-9-14(13)15/h1-9,11H,10H2. The van der Waals surface area contributed by atoms with E-state index in [1.807, 2.05) is 0 Å². The van der Waals surface area contributed by atoms with Gasteiger partial charge in [0.15, 0.2) is 0 Å². The van der Waals surface area contributed by atoms with Gasteiger partial charge in [0, 0.05) is 0 Å². The smallest absolute Gasteiger partial charge is 0.00819 e. The van der Waals surface area contributed by atoms with E-state index in [-0.39, 0.29) is 0 Å². The highest BCUT2D eigenvalue weighted by Gasteiger charge is 2.13. The van der Waals surface area contributed by atoms with Gasteiger partial charge in [0.05, 0.1) is 0 Å². The molecule has 0 fully saturated rings. The molecule has 3 rings (SSSR count). The minimum atomic E-state index is 1.07. The second kappa shape index (κ2) is 3.39. The third-order valence-corrected chi connectivity index (χ3v) is 2.92. The van der Waals surface area contributed by atoms with Crippen LogP contribution in [0.15, 0.2) is 60.7 Å². The molecule has 0 heterocycles. The predicted molar refractivity (Wildman–Crippen MR) is 63.7 cm³/mol. The van der Waals surface area contributed by atoms with Crippen molar-refractivity contribution in [2.45, 2.75) is 6.42 Å². The number of benzene rings is 2. The van der Waals surface area contributed by atoms with Crippen molar-refractivity contribution >= 4 is 5.57 Å². The largest absolute Gasteiger partial charge is 0.0716 e. The monoisotopic (exact) mass is 192 g/mol. The molecule has 0 bridgehead atoms. The molecular formula is C15H12. The SMILES string of the molecule is C1=C(c2ccccc2)c2ccccc2C1. The Morgan fingerprint density at radius 1 is 0.733 bits per heavy atom. The lowest BCUT2D eigenvalue weighted by molar-refractivity contribution is 1.31. The average Bonchev–Trinajstić information content (AvgIpc) is 2.74. The topological polar surface area (TPSA) is 0 Å². The molecule has 0 saturated carbocycles. The molecular weight excluding hydrogens is 180 g/mol. The third kappa shape index (κ3) is 1.39. The van der Waals surface area contributed by atoms with Crippen LogP contribution in [0, 0.1) is 0 Å². The van der Waals surface area contributed by atoms with E-state index in [1.165, 1.54) is 22.3 Å². The highest BCUT2D eigenvalue weighted by Crippen LogP contribution is 2.31. The second-order valence-corrected chi connectivity index (χ2v) is 3.85. The molecule has 0 amide bonds. The lowest BCUT2D eigenvalue weighted by atomic mass is 9.99. The van der Waals surface area contributed by atoms with Gasteiger partial charge in [0.2, 0.25) is 0 Å². The summed E-state index contributed by atoms with van der Waals surface area (Å²) in [6.45, 7) is 0. The summed E-state index contributed by atoms with van der Waals surface area (Å²) in [5.74, 6) is 0. The van der Waals surface area contributed by atoms with Crippen LogP contribution < -0.4 is 0 Å². The van der Waals surface area contributed by atoms with Crippen molar-refractivity contribution in [2.75, 3.05) is 0 Å². The molecule has 0 aliphatic heterocycles. The Kier molecular flexibility index (Phi) is 1.92. The summed E-state index contributed by atoms with van der Waals surface area (Å²) in [6, 6.07) is 19.2. The fourth-order valence-electron chi connectivity index (χ4n) is 2.17. The van der Waals surface area contributed by atoms with Crippen LogP contribution in [0.3, 0.4) is 0 Å². The van der Waals surface area contributed by atoms with Crippen LogP contribution in [0.4, 0.5) is 0 Å². The molecule has 0 nitrogen and oxygen atoms in total. The Labute approximate surface area is 89.9 Å². The van der Waals surface area contributed by atoms with E-state index in [0.29, 0.717) is 0 Å². The minimum absolute atomic E-state index is 1.07. The van der Waals surface area contributed by atoms with Crippen molar-refractivity contribution in [3.05, 3.63) is 77.4 Å². The Hall–Kier alpha value is -1.82. The molecule has 0 saturated heterocycles. The molecule has 0 heteroatoms. The van der Waals surface area contributed by atoms with Crippen LogP contribution in [0.25, 0.3) is 5.57 Å². The van der Waals surface area contributed by atoms with Crippen molar-refractivity contribution in [2.24, 2.45) is 0 Å². The van der Waals surface area contributed by atoms with Gasteiger partial charge in [-0.1, -0.05) is 60.7 Å². The Morgan fingerprint density at radius 3 is 2.33 bits per heavy atom. The summed E-state index contributed by atoms with van der Waals surface area (Å²) in [6.07, 6.45) is 3.39. The number of fused-ring (bicyclic) bond motifs is 1. The molecule has 15 heavy (non-hydrogen) atoms. The van der Waals surface area contributed by atoms with Gasteiger partial charge in [0.25, 0.3) is 0 Å². The Bertz CT molecular complexity index is 507. The van der Waals surface area contributed by atoms with E-state index in [0.717, 1.165) is 6.42 Å². The van der Waals surface area contributed by atoms with E-state index in [4.69, 9.17) is 0 Å². The van der Waals surface area contributed by atoms with Gasteiger partial charge in [-0.15, -0.1) is 0 Å². The van der Waals surface area contributed by atoms with Gasteiger partial charge >= 0.3 is 0 Å².